The summed E-state index contributed by atoms with van der Waals surface area (Å²) in [6.45, 7) is 1.45. The molecule has 0 bridgehead atoms. The van der Waals surface area contributed by atoms with Gasteiger partial charge in [-0.1, -0.05) is 42.5 Å². The lowest BCUT2D eigenvalue weighted by molar-refractivity contribution is -0.123. The summed E-state index contributed by atoms with van der Waals surface area (Å²) in [7, 11) is -2.42. The number of benzene rings is 3. The molecule has 8 heteroatoms. The lowest BCUT2D eigenvalue weighted by Gasteiger charge is -2.15. The van der Waals surface area contributed by atoms with Crippen molar-refractivity contribution < 1.29 is 22.7 Å². The maximum atomic E-state index is 12.5. The number of amides is 1. The Morgan fingerprint density at radius 3 is 2.41 bits per heavy atom. The molecule has 0 unspecified atom stereocenters. The molecule has 1 amide bonds. The smallest absolute Gasteiger partial charge is 0.338 e. The number of hydrogen-bond acceptors (Lipinski definition) is 5. The topological polar surface area (TPSA) is 102 Å². The van der Waals surface area contributed by atoms with Gasteiger partial charge in [-0.3, -0.25) is 4.79 Å². The Morgan fingerprint density at radius 2 is 1.66 bits per heavy atom. The highest BCUT2D eigenvalue weighted by Crippen LogP contribution is 2.23. The van der Waals surface area contributed by atoms with Gasteiger partial charge in [-0.05, 0) is 43.6 Å². The third kappa shape index (κ3) is 4.61. The van der Waals surface area contributed by atoms with Crippen LogP contribution in [-0.2, 0) is 19.6 Å². The molecule has 0 heterocycles. The van der Waals surface area contributed by atoms with Crippen molar-refractivity contribution in [1.29, 1.82) is 0 Å². The van der Waals surface area contributed by atoms with Crippen molar-refractivity contribution in [1.82, 2.24) is 4.72 Å². The summed E-state index contributed by atoms with van der Waals surface area (Å²) in [6.07, 6.45) is -1.08. The van der Waals surface area contributed by atoms with Gasteiger partial charge in [0.05, 0.1) is 10.5 Å². The number of esters is 1. The van der Waals surface area contributed by atoms with Crippen molar-refractivity contribution in [3.8, 4) is 0 Å². The van der Waals surface area contributed by atoms with E-state index >= 15 is 0 Å². The summed E-state index contributed by atoms with van der Waals surface area (Å²) in [5.41, 5.74) is 0.643. The van der Waals surface area contributed by atoms with Crippen LogP contribution in [0.25, 0.3) is 10.8 Å². The maximum Gasteiger partial charge on any atom is 0.338 e. The van der Waals surface area contributed by atoms with Crippen LogP contribution >= 0.6 is 0 Å². The second kappa shape index (κ2) is 8.42. The first-order valence-electron chi connectivity index (χ1n) is 8.85. The Labute approximate surface area is 168 Å². The van der Waals surface area contributed by atoms with Gasteiger partial charge in [0, 0.05) is 11.1 Å². The number of hydrogen-bond donors (Lipinski definition) is 2. The van der Waals surface area contributed by atoms with Gasteiger partial charge in [0.15, 0.2) is 6.10 Å². The first-order chi connectivity index (χ1) is 13.8. The Kier molecular flexibility index (Phi) is 5.95. The van der Waals surface area contributed by atoms with Crippen LogP contribution in [0.3, 0.4) is 0 Å². The number of carbonyl (C=O) groups excluding carboxylic acids is 2. The van der Waals surface area contributed by atoms with Crippen molar-refractivity contribution in [3.05, 3.63) is 72.3 Å². The van der Waals surface area contributed by atoms with E-state index in [1.54, 1.807) is 6.07 Å². The van der Waals surface area contributed by atoms with Crippen LogP contribution in [-0.4, -0.2) is 33.4 Å². The molecule has 1 atom stereocenters. The molecule has 7 nitrogen and oxygen atoms in total. The predicted octanol–water partition coefficient (Wildman–Crippen LogP) is 2.93. The van der Waals surface area contributed by atoms with Crippen molar-refractivity contribution in [3.63, 3.8) is 0 Å². The van der Waals surface area contributed by atoms with Crippen LogP contribution in [0.2, 0.25) is 0 Å². The van der Waals surface area contributed by atoms with Gasteiger partial charge < -0.3 is 10.1 Å². The van der Waals surface area contributed by atoms with E-state index in [2.05, 4.69) is 10.0 Å². The SMILES string of the molecule is CNS(=O)(=O)c1cccc(C(=O)O[C@H](C)C(=O)Nc2cccc3ccccc23)c1. The molecule has 0 saturated heterocycles. The Morgan fingerprint density at radius 1 is 0.966 bits per heavy atom. The molecule has 0 radical (unpaired) electrons. The van der Waals surface area contributed by atoms with E-state index in [0.717, 1.165) is 10.8 Å². The number of rotatable bonds is 6. The van der Waals surface area contributed by atoms with Crippen LogP contribution in [0.4, 0.5) is 5.69 Å². The van der Waals surface area contributed by atoms with Crippen molar-refractivity contribution in [2.45, 2.75) is 17.9 Å². The van der Waals surface area contributed by atoms with Crippen molar-refractivity contribution >= 4 is 38.4 Å². The largest absolute Gasteiger partial charge is 0.449 e. The Balaban J connectivity index is 1.73. The standard InChI is InChI=1S/C21H20N2O5S/c1-14(20(24)23-19-12-6-8-15-7-3-4-11-18(15)19)28-21(25)16-9-5-10-17(13-16)29(26,27)22-2/h3-14,22H,1-2H3,(H,23,24)/t14-/m1/s1. The normalized spacial score (nSPS) is 12.3. The molecular weight excluding hydrogens is 392 g/mol. The Hall–Kier alpha value is -3.23. The zero-order chi connectivity index (χ0) is 21.0. The Bertz CT molecular complexity index is 1170. The minimum atomic E-state index is -3.70. The summed E-state index contributed by atoms with van der Waals surface area (Å²) in [6, 6.07) is 18.5. The number of fused-ring (bicyclic) bond motifs is 1. The van der Waals surface area contributed by atoms with Gasteiger partial charge in [-0.25, -0.2) is 17.9 Å². The molecule has 0 fully saturated rings. The summed E-state index contributed by atoms with van der Waals surface area (Å²) >= 11 is 0. The van der Waals surface area contributed by atoms with Gasteiger partial charge in [0.25, 0.3) is 5.91 Å². The summed E-state index contributed by atoms with van der Waals surface area (Å²) < 4.78 is 31.2. The van der Waals surface area contributed by atoms with E-state index in [4.69, 9.17) is 4.74 Å². The molecule has 0 aliphatic heterocycles. The predicted molar refractivity (Wildman–Crippen MR) is 110 cm³/mol. The van der Waals surface area contributed by atoms with Gasteiger partial charge in [-0.2, -0.15) is 0 Å². The monoisotopic (exact) mass is 412 g/mol. The van der Waals surface area contributed by atoms with E-state index in [0.29, 0.717) is 5.69 Å². The molecule has 0 aliphatic carbocycles. The maximum absolute atomic E-state index is 12.5. The van der Waals surface area contributed by atoms with E-state index < -0.39 is 28.0 Å². The highest BCUT2D eigenvalue weighted by atomic mass is 32.2. The van der Waals surface area contributed by atoms with E-state index in [-0.39, 0.29) is 10.5 Å². The second-order valence-electron chi connectivity index (χ2n) is 6.30. The van der Waals surface area contributed by atoms with E-state index in [1.165, 1.54) is 38.2 Å². The molecule has 3 rings (SSSR count). The molecule has 150 valence electrons. The zero-order valence-corrected chi connectivity index (χ0v) is 16.7. The van der Waals surface area contributed by atoms with Gasteiger partial charge in [-0.15, -0.1) is 0 Å². The minimum absolute atomic E-state index is 0.0335. The van der Waals surface area contributed by atoms with Gasteiger partial charge >= 0.3 is 5.97 Å². The fourth-order valence-corrected chi connectivity index (χ4v) is 3.53. The molecule has 0 spiro atoms. The average molecular weight is 412 g/mol. The molecule has 0 saturated carbocycles. The third-order valence-electron chi connectivity index (χ3n) is 4.35. The fourth-order valence-electron chi connectivity index (χ4n) is 2.76. The van der Waals surface area contributed by atoms with E-state index in [1.807, 2.05) is 36.4 Å². The quantitative estimate of drug-likeness (QED) is 0.606. The van der Waals surface area contributed by atoms with Crippen LogP contribution < -0.4 is 10.0 Å². The van der Waals surface area contributed by atoms with Crippen molar-refractivity contribution in [2.24, 2.45) is 0 Å². The fraction of sp³-hybridized carbons (Fsp3) is 0.143. The molecule has 0 aliphatic rings. The molecule has 2 N–H and O–H groups in total. The average Bonchev–Trinajstić information content (AvgIpc) is 2.74. The molecule has 3 aromatic rings. The summed E-state index contributed by atoms with van der Waals surface area (Å²) in [5.74, 6) is -1.28. The highest BCUT2D eigenvalue weighted by Gasteiger charge is 2.21. The first kappa shape index (κ1) is 20.5. The van der Waals surface area contributed by atoms with Crippen LogP contribution in [0.5, 0.6) is 0 Å². The third-order valence-corrected chi connectivity index (χ3v) is 5.76. The number of carbonyl (C=O) groups is 2. The lowest BCUT2D eigenvalue weighted by atomic mass is 10.1. The number of nitrogens with one attached hydrogen (secondary N) is 2. The van der Waals surface area contributed by atoms with Crippen LogP contribution in [0.1, 0.15) is 17.3 Å². The lowest BCUT2D eigenvalue weighted by Crippen LogP contribution is -2.30. The molecule has 3 aromatic carbocycles. The second-order valence-corrected chi connectivity index (χ2v) is 8.19. The highest BCUT2D eigenvalue weighted by molar-refractivity contribution is 7.89. The molecule has 29 heavy (non-hydrogen) atoms. The summed E-state index contributed by atoms with van der Waals surface area (Å²) in [4.78, 5) is 24.8. The van der Waals surface area contributed by atoms with Gasteiger partial charge in [0.2, 0.25) is 10.0 Å². The van der Waals surface area contributed by atoms with Crippen LogP contribution in [0, 0.1) is 0 Å². The molecule has 0 aromatic heterocycles. The number of sulfonamides is 1. The van der Waals surface area contributed by atoms with Gasteiger partial charge in [0.1, 0.15) is 0 Å². The number of anilines is 1. The summed E-state index contributed by atoms with van der Waals surface area (Å²) in [5, 5.41) is 4.60. The minimum Gasteiger partial charge on any atom is -0.449 e. The first-order valence-corrected chi connectivity index (χ1v) is 10.3. The van der Waals surface area contributed by atoms with E-state index in [9.17, 15) is 18.0 Å². The van der Waals surface area contributed by atoms with Crippen molar-refractivity contribution in [2.75, 3.05) is 12.4 Å². The van der Waals surface area contributed by atoms with Crippen LogP contribution in [0.15, 0.2) is 71.6 Å². The zero-order valence-electron chi connectivity index (χ0n) is 15.9. The molecular formula is C21H20N2O5S. The number of ether oxygens (including phenoxy) is 1.